The highest BCUT2D eigenvalue weighted by molar-refractivity contribution is 5.58. The molecule has 5 nitrogen and oxygen atoms in total. The van der Waals surface area contributed by atoms with Crippen molar-refractivity contribution < 1.29 is 4.74 Å². The molecule has 0 saturated heterocycles. The summed E-state index contributed by atoms with van der Waals surface area (Å²) >= 11 is 0. The zero-order valence-electron chi connectivity index (χ0n) is 11.0. The molecule has 0 saturated carbocycles. The van der Waals surface area contributed by atoms with E-state index in [1.807, 2.05) is 54.6 Å². The van der Waals surface area contributed by atoms with Gasteiger partial charge >= 0.3 is 0 Å². The van der Waals surface area contributed by atoms with Gasteiger partial charge in [-0.1, -0.05) is 18.2 Å². The van der Waals surface area contributed by atoms with Gasteiger partial charge in [0, 0.05) is 5.56 Å². The Morgan fingerprint density at radius 1 is 1.00 bits per heavy atom. The van der Waals surface area contributed by atoms with Crippen LogP contribution in [-0.4, -0.2) is 21.9 Å². The van der Waals surface area contributed by atoms with E-state index in [0.717, 1.165) is 17.0 Å². The molecule has 0 radical (unpaired) electrons. The van der Waals surface area contributed by atoms with Gasteiger partial charge in [0.05, 0.1) is 12.8 Å². The molecular weight excluding hydrogens is 252 g/mol. The average Bonchev–Trinajstić information content (AvgIpc) is 2.90. The Kier molecular flexibility index (Phi) is 3.09. The van der Waals surface area contributed by atoms with Gasteiger partial charge in [-0.3, -0.25) is 0 Å². The maximum absolute atomic E-state index is 5.93. The summed E-state index contributed by atoms with van der Waals surface area (Å²) in [7, 11) is 1.63. The molecule has 0 aliphatic carbocycles. The van der Waals surface area contributed by atoms with Crippen molar-refractivity contribution in [3.8, 4) is 22.8 Å². The monoisotopic (exact) mass is 266 g/mol. The lowest BCUT2D eigenvalue weighted by atomic mass is 10.2. The molecule has 0 atom stereocenters. The molecule has 0 spiro atoms. The Hall–Kier alpha value is -2.82. The van der Waals surface area contributed by atoms with Crippen molar-refractivity contribution >= 4 is 5.95 Å². The fourth-order valence-corrected chi connectivity index (χ4v) is 1.95. The smallest absolute Gasteiger partial charge is 0.223 e. The van der Waals surface area contributed by atoms with Crippen LogP contribution in [0.3, 0.4) is 0 Å². The van der Waals surface area contributed by atoms with Crippen LogP contribution >= 0.6 is 0 Å². The van der Waals surface area contributed by atoms with E-state index >= 15 is 0 Å². The Bertz CT molecular complexity index is 704. The van der Waals surface area contributed by atoms with Crippen LogP contribution in [0.25, 0.3) is 17.1 Å². The SMILES string of the molecule is COc1ccc(-c2nc(N)n(-c3ccccc3)n2)cc1. The topological polar surface area (TPSA) is 66.0 Å². The van der Waals surface area contributed by atoms with Gasteiger partial charge in [0.2, 0.25) is 5.95 Å². The molecule has 3 rings (SSSR count). The maximum atomic E-state index is 5.93. The average molecular weight is 266 g/mol. The molecule has 0 unspecified atom stereocenters. The summed E-state index contributed by atoms with van der Waals surface area (Å²) in [6, 6.07) is 17.2. The van der Waals surface area contributed by atoms with Gasteiger partial charge in [-0.15, -0.1) is 5.10 Å². The van der Waals surface area contributed by atoms with Gasteiger partial charge in [-0.05, 0) is 36.4 Å². The van der Waals surface area contributed by atoms with Gasteiger partial charge in [0.25, 0.3) is 0 Å². The fourth-order valence-electron chi connectivity index (χ4n) is 1.95. The molecule has 100 valence electrons. The largest absolute Gasteiger partial charge is 0.497 e. The second-order valence-electron chi connectivity index (χ2n) is 4.27. The number of para-hydroxylation sites is 1. The maximum Gasteiger partial charge on any atom is 0.223 e. The first-order valence-corrected chi connectivity index (χ1v) is 6.20. The molecule has 1 aromatic heterocycles. The van der Waals surface area contributed by atoms with E-state index in [-0.39, 0.29) is 0 Å². The number of hydrogen-bond donors (Lipinski definition) is 1. The lowest BCUT2D eigenvalue weighted by Crippen LogP contribution is -2.01. The Morgan fingerprint density at radius 2 is 1.70 bits per heavy atom. The van der Waals surface area contributed by atoms with E-state index in [9.17, 15) is 0 Å². The van der Waals surface area contributed by atoms with Crippen LogP contribution < -0.4 is 10.5 Å². The van der Waals surface area contributed by atoms with Crippen molar-refractivity contribution in [3.63, 3.8) is 0 Å². The minimum atomic E-state index is 0.363. The van der Waals surface area contributed by atoms with Crippen LogP contribution in [0.1, 0.15) is 0 Å². The summed E-state index contributed by atoms with van der Waals surface area (Å²) in [6.45, 7) is 0. The van der Waals surface area contributed by atoms with Crippen LogP contribution in [0.15, 0.2) is 54.6 Å². The lowest BCUT2D eigenvalue weighted by Gasteiger charge is -2.01. The predicted molar refractivity (Wildman–Crippen MR) is 77.8 cm³/mol. The van der Waals surface area contributed by atoms with E-state index in [4.69, 9.17) is 10.5 Å². The number of benzene rings is 2. The molecule has 3 aromatic rings. The zero-order valence-corrected chi connectivity index (χ0v) is 11.0. The van der Waals surface area contributed by atoms with E-state index in [2.05, 4.69) is 10.1 Å². The number of rotatable bonds is 3. The Balaban J connectivity index is 2.00. The normalized spacial score (nSPS) is 10.4. The van der Waals surface area contributed by atoms with Crippen molar-refractivity contribution in [2.24, 2.45) is 0 Å². The fraction of sp³-hybridized carbons (Fsp3) is 0.0667. The van der Waals surface area contributed by atoms with Crippen molar-refractivity contribution in [2.75, 3.05) is 12.8 Å². The molecule has 0 aliphatic rings. The Morgan fingerprint density at radius 3 is 2.35 bits per heavy atom. The minimum Gasteiger partial charge on any atom is -0.497 e. The molecular formula is C15H14N4O. The molecule has 20 heavy (non-hydrogen) atoms. The molecule has 1 heterocycles. The third-order valence-corrected chi connectivity index (χ3v) is 2.98. The molecule has 2 N–H and O–H groups in total. The summed E-state index contributed by atoms with van der Waals surface area (Å²) in [4.78, 5) is 4.30. The Labute approximate surface area is 116 Å². The lowest BCUT2D eigenvalue weighted by molar-refractivity contribution is 0.415. The summed E-state index contributed by atoms with van der Waals surface area (Å²) in [5.41, 5.74) is 7.71. The number of nitrogens with two attached hydrogens (primary N) is 1. The first-order valence-electron chi connectivity index (χ1n) is 6.20. The summed E-state index contributed by atoms with van der Waals surface area (Å²) in [5, 5.41) is 4.45. The number of hydrogen-bond acceptors (Lipinski definition) is 4. The zero-order chi connectivity index (χ0) is 13.9. The van der Waals surface area contributed by atoms with Crippen molar-refractivity contribution in [1.29, 1.82) is 0 Å². The molecule has 0 aliphatic heterocycles. The summed E-state index contributed by atoms with van der Waals surface area (Å²) in [6.07, 6.45) is 0. The van der Waals surface area contributed by atoms with E-state index in [1.54, 1.807) is 11.8 Å². The standard InChI is InChI=1S/C15H14N4O/c1-20-13-9-7-11(8-10-13)14-17-15(16)19(18-14)12-5-3-2-4-6-12/h2-10H,1H3,(H2,16,17,18). The number of nitrogens with zero attached hydrogens (tertiary/aromatic N) is 3. The van der Waals surface area contributed by atoms with Crippen molar-refractivity contribution in [3.05, 3.63) is 54.6 Å². The second kappa shape index (κ2) is 5.05. The summed E-state index contributed by atoms with van der Waals surface area (Å²) in [5.74, 6) is 1.75. The van der Waals surface area contributed by atoms with E-state index in [0.29, 0.717) is 11.8 Å². The van der Waals surface area contributed by atoms with Gasteiger partial charge in [-0.2, -0.15) is 9.67 Å². The third-order valence-electron chi connectivity index (χ3n) is 2.98. The van der Waals surface area contributed by atoms with Gasteiger partial charge in [-0.25, -0.2) is 0 Å². The van der Waals surface area contributed by atoms with Crippen LogP contribution in [0.5, 0.6) is 5.75 Å². The van der Waals surface area contributed by atoms with Crippen molar-refractivity contribution in [2.45, 2.75) is 0 Å². The third kappa shape index (κ3) is 2.21. The summed E-state index contributed by atoms with van der Waals surface area (Å²) < 4.78 is 6.76. The number of methoxy groups -OCH3 is 1. The molecule has 5 heteroatoms. The molecule has 0 fully saturated rings. The van der Waals surface area contributed by atoms with Crippen LogP contribution in [0.4, 0.5) is 5.95 Å². The highest BCUT2D eigenvalue weighted by atomic mass is 16.5. The minimum absolute atomic E-state index is 0.363. The second-order valence-corrected chi connectivity index (χ2v) is 4.27. The van der Waals surface area contributed by atoms with Gasteiger partial charge in [0.15, 0.2) is 5.82 Å². The van der Waals surface area contributed by atoms with Gasteiger partial charge < -0.3 is 10.5 Å². The number of aromatic nitrogens is 3. The molecule has 0 bridgehead atoms. The predicted octanol–water partition coefficient (Wildman–Crippen LogP) is 2.53. The van der Waals surface area contributed by atoms with Crippen LogP contribution in [0, 0.1) is 0 Å². The van der Waals surface area contributed by atoms with Crippen molar-refractivity contribution in [1.82, 2.24) is 14.8 Å². The van der Waals surface area contributed by atoms with E-state index in [1.165, 1.54) is 0 Å². The number of anilines is 1. The first-order chi connectivity index (χ1) is 9.78. The highest BCUT2D eigenvalue weighted by Gasteiger charge is 2.10. The highest BCUT2D eigenvalue weighted by Crippen LogP contribution is 2.21. The molecule has 0 amide bonds. The van der Waals surface area contributed by atoms with E-state index < -0.39 is 0 Å². The van der Waals surface area contributed by atoms with Gasteiger partial charge in [0.1, 0.15) is 5.75 Å². The van der Waals surface area contributed by atoms with Crippen LogP contribution in [-0.2, 0) is 0 Å². The molecule has 2 aromatic carbocycles. The number of nitrogen functional groups attached to an aromatic ring is 1. The quantitative estimate of drug-likeness (QED) is 0.791. The first kappa shape index (κ1) is 12.2. The number of ether oxygens (including phenoxy) is 1. The van der Waals surface area contributed by atoms with Crippen LogP contribution in [0.2, 0.25) is 0 Å².